The number of rotatable bonds is 3. The van der Waals surface area contributed by atoms with E-state index in [1.807, 2.05) is 12.1 Å². The van der Waals surface area contributed by atoms with Crippen molar-refractivity contribution in [1.29, 1.82) is 0 Å². The Labute approximate surface area is 133 Å². The van der Waals surface area contributed by atoms with Crippen LogP contribution in [0.25, 0.3) is 11.2 Å². The Morgan fingerprint density at radius 2 is 1.87 bits per heavy atom. The molecular formula is C16H18N6O. The molecule has 1 saturated heterocycles. The molecule has 23 heavy (non-hydrogen) atoms. The second-order valence-electron chi connectivity index (χ2n) is 5.47. The van der Waals surface area contributed by atoms with Gasteiger partial charge < -0.3 is 19.5 Å². The summed E-state index contributed by atoms with van der Waals surface area (Å²) in [6.07, 6.45) is 3.24. The molecule has 2 aromatic heterocycles. The van der Waals surface area contributed by atoms with E-state index in [2.05, 4.69) is 41.9 Å². The number of hydrogen-bond donors (Lipinski definition) is 1. The van der Waals surface area contributed by atoms with Crippen LogP contribution in [0.5, 0.6) is 5.75 Å². The Kier molecular flexibility index (Phi) is 3.45. The second-order valence-corrected chi connectivity index (χ2v) is 5.47. The SMILES string of the molecule is COc1cccc(N2CCN(c3ncnc4nc[nH]c34)CC2)c1. The zero-order valence-electron chi connectivity index (χ0n) is 12.9. The predicted molar refractivity (Wildman–Crippen MR) is 89.1 cm³/mol. The van der Waals surface area contributed by atoms with Crippen LogP contribution in [0.4, 0.5) is 11.5 Å². The lowest BCUT2D eigenvalue weighted by Gasteiger charge is -2.36. The topological polar surface area (TPSA) is 70.2 Å². The smallest absolute Gasteiger partial charge is 0.182 e. The van der Waals surface area contributed by atoms with Crippen molar-refractivity contribution in [3.63, 3.8) is 0 Å². The molecule has 4 rings (SSSR count). The van der Waals surface area contributed by atoms with Gasteiger partial charge in [-0.3, -0.25) is 0 Å². The van der Waals surface area contributed by atoms with E-state index in [9.17, 15) is 0 Å². The molecule has 0 atom stereocenters. The summed E-state index contributed by atoms with van der Waals surface area (Å²) in [5, 5.41) is 0. The lowest BCUT2D eigenvalue weighted by molar-refractivity contribution is 0.414. The predicted octanol–water partition coefficient (Wildman–Crippen LogP) is 1.69. The molecule has 1 aliphatic rings. The number of aromatic amines is 1. The summed E-state index contributed by atoms with van der Waals surface area (Å²) in [6, 6.07) is 8.19. The van der Waals surface area contributed by atoms with Crippen LogP contribution in [0.15, 0.2) is 36.9 Å². The Morgan fingerprint density at radius 3 is 2.70 bits per heavy atom. The Hall–Kier alpha value is -2.83. The molecule has 0 spiro atoms. The number of imidazole rings is 1. The normalized spacial score (nSPS) is 15.2. The van der Waals surface area contributed by atoms with Crippen molar-refractivity contribution < 1.29 is 4.74 Å². The average molecular weight is 310 g/mol. The fourth-order valence-corrected chi connectivity index (χ4v) is 2.98. The maximum atomic E-state index is 5.31. The first-order valence-electron chi connectivity index (χ1n) is 7.63. The van der Waals surface area contributed by atoms with Gasteiger partial charge in [-0.15, -0.1) is 0 Å². The summed E-state index contributed by atoms with van der Waals surface area (Å²) in [5.74, 6) is 1.82. The van der Waals surface area contributed by atoms with Crippen LogP contribution in [0.1, 0.15) is 0 Å². The fourth-order valence-electron chi connectivity index (χ4n) is 2.98. The van der Waals surface area contributed by atoms with Gasteiger partial charge in [0.25, 0.3) is 0 Å². The molecule has 0 saturated carbocycles. The number of ether oxygens (including phenoxy) is 1. The Balaban J connectivity index is 1.51. The molecule has 3 aromatic rings. The minimum Gasteiger partial charge on any atom is -0.497 e. The summed E-state index contributed by atoms with van der Waals surface area (Å²) in [6.45, 7) is 3.68. The van der Waals surface area contributed by atoms with Crippen molar-refractivity contribution in [2.75, 3.05) is 43.1 Å². The van der Waals surface area contributed by atoms with Gasteiger partial charge in [0.05, 0.1) is 13.4 Å². The lowest BCUT2D eigenvalue weighted by atomic mass is 10.2. The molecule has 118 valence electrons. The zero-order chi connectivity index (χ0) is 15.6. The van der Waals surface area contributed by atoms with E-state index in [0.29, 0.717) is 5.65 Å². The number of H-pyrrole nitrogens is 1. The zero-order valence-corrected chi connectivity index (χ0v) is 12.9. The van der Waals surface area contributed by atoms with E-state index in [1.54, 1.807) is 19.8 Å². The largest absolute Gasteiger partial charge is 0.497 e. The third-order valence-corrected chi connectivity index (χ3v) is 4.20. The summed E-state index contributed by atoms with van der Waals surface area (Å²) in [4.78, 5) is 20.6. The first kappa shape index (κ1) is 13.8. The number of nitrogens with one attached hydrogen (secondary N) is 1. The monoisotopic (exact) mass is 310 g/mol. The van der Waals surface area contributed by atoms with Gasteiger partial charge in [0.15, 0.2) is 11.5 Å². The van der Waals surface area contributed by atoms with E-state index >= 15 is 0 Å². The van der Waals surface area contributed by atoms with Crippen LogP contribution in [0, 0.1) is 0 Å². The summed E-state index contributed by atoms with van der Waals surface area (Å²) in [7, 11) is 1.70. The van der Waals surface area contributed by atoms with E-state index in [0.717, 1.165) is 43.3 Å². The number of fused-ring (bicyclic) bond motifs is 1. The molecule has 0 bridgehead atoms. The standard InChI is InChI=1S/C16H18N6O/c1-23-13-4-2-3-12(9-13)21-5-7-22(8-6-21)16-14-15(18-10-17-14)19-11-20-16/h2-4,9-11H,5-8H2,1H3,(H,17,18,19,20). The molecule has 1 fully saturated rings. The highest BCUT2D eigenvalue weighted by atomic mass is 16.5. The molecule has 1 N–H and O–H groups in total. The fraction of sp³-hybridized carbons (Fsp3) is 0.312. The summed E-state index contributed by atoms with van der Waals surface area (Å²) < 4.78 is 5.31. The van der Waals surface area contributed by atoms with Crippen LogP contribution in [0.3, 0.4) is 0 Å². The van der Waals surface area contributed by atoms with Crippen molar-refractivity contribution in [1.82, 2.24) is 19.9 Å². The molecule has 7 heteroatoms. The lowest BCUT2D eigenvalue weighted by Crippen LogP contribution is -2.47. The van der Waals surface area contributed by atoms with Gasteiger partial charge in [-0.05, 0) is 12.1 Å². The van der Waals surface area contributed by atoms with Gasteiger partial charge in [-0.25, -0.2) is 15.0 Å². The van der Waals surface area contributed by atoms with E-state index in [4.69, 9.17) is 4.74 Å². The van der Waals surface area contributed by atoms with Crippen LogP contribution < -0.4 is 14.5 Å². The summed E-state index contributed by atoms with van der Waals surface area (Å²) in [5.41, 5.74) is 2.81. The summed E-state index contributed by atoms with van der Waals surface area (Å²) >= 11 is 0. The number of methoxy groups -OCH3 is 1. The number of piperazine rings is 1. The molecule has 0 aliphatic carbocycles. The van der Waals surface area contributed by atoms with Crippen molar-refractivity contribution in [2.45, 2.75) is 0 Å². The first-order chi connectivity index (χ1) is 11.3. The van der Waals surface area contributed by atoms with E-state index in [1.165, 1.54) is 5.69 Å². The van der Waals surface area contributed by atoms with Gasteiger partial charge in [-0.2, -0.15) is 0 Å². The highest BCUT2D eigenvalue weighted by Gasteiger charge is 2.21. The van der Waals surface area contributed by atoms with Crippen molar-refractivity contribution in [2.24, 2.45) is 0 Å². The Morgan fingerprint density at radius 1 is 1.04 bits per heavy atom. The van der Waals surface area contributed by atoms with Crippen molar-refractivity contribution in [3.8, 4) is 5.75 Å². The third-order valence-electron chi connectivity index (χ3n) is 4.20. The van der Waals surface area contributed by atoms with Gasteiger partial charge in [0.1, 0.15) is 17.6 Å². The van der Waals surface area contributed by atoms with Gasteiger partial charge in [0, 0.05) is 37.9 Å². The molecule has 0 radical (unpaired) electrons. The molecular weight excluding hydrogens is 292 g/mol. The second kappa shape index (κ2) is 5.75. The van der Waals surface area contributed by atoms with E-state index in [-0.39, 0.29) is 0 Å². The van der Waals surface area contributed by atoms with E-state index < -0.39 is 0 Å². The number of aromatic nitrogens is 4. The van der Waals surface area contributed by atoms with Crippen LogP contribution in [0.2, 0.25) is 0 Å². The first-order valence-corrected chi connectivity index (χ1v) is 7.63. The van der Waals surface area contributed by atoms with Crippen LogP contribution >= 0.6 is 0 Å². The average Bonchev–Trinajstić information content (AvgIpc) is 3.11. The maximum Gasteiger partial charge on any atom is 0.182 e. The highest BCUT2D eigenvalue weighted by Crippen LogP contribution is 2.25. The third kappa shape index (κ3) is 2.54. The number of benzene rings is 1. The molecule has 3 heterocycles. The van der Waals surface area contributed by atoms with Crippen LogP contribution in [-0.2, 0) is 0 Å². The van der Waals surface area contributed by atoms with Gasteiger partial charge in [-0.1, -0.05) is 6.07 Å². The minimum atomic E-state index is 0.713. The Bertz CT molecular complexity index is 809. The number of anilines is 2. The number of nitrogens with zero attached hydrogens (tertiary/aromatic N) is 5. The quantitative estimate of drug-likeness (QED) is 0.794. The number of hydrogen-bond acceptors (Lipinski definition) is 6. The molecule has 0 unspecified atom stereocenters. The van der Waals surface area contributed by atoms with Gasteiger partial charge >= 0.3 is 0 Å². The van der Waals surface area contributed by atoms with Crippen LogP contribution in [-0.4, -0.2) is 53.2 Å². The van der Waals surface area contributed by atoms with Gasteiger partial charge in [0.2, 0.25) is 0 Å². The molecule has 0 amide bonds. The molecule has 1 aromatic carbocycles. The minimum absolute atomic E-state index is 0.713. The molecule has 1 aliphatic heterocycles. The van der Waals surface area contributed by atoms with Crippen molar-refractivity contribution >= 4 is 22.7 Å². The molecule has 7 nitrogen and oxygen atoms in total. The maximum absolute atomic E-state index is 5.31. The highest BCUT2D eigenvalue weighted by molar-refractivity contribution is 5.82. The van der Waals surface area contributed by atoms with Crippen molar-refractivity contribution in [3.05, 3.63) is 36.9 Å².